The average Bonchev–Trinajstić information content (AvgIpc) is 3.11. The molecular formula is C15H24N2. The van der Waals surface area contributed by atoms with Gasteiger partial charge in [-0.3, -0.25) is 11.3 Å². The van der Waals surface area contributed by atoms with Gasteiger partial charge in [0, 0.05) is 6.04 Å². The van der Waals surface area contributed by atoms with E-state index < -0.39 is 0 Å². The normalized spacial score (nSPS) is 24.9. The molecule has 17 heavy (non-hydrogen) atoms. The fourth-order valence-electron chi connectivity index (χ4n) is 2.68. The van der Waals surface area contributed by atoms with E-state index in [1.807, 2.05) is 0 Å². The Balaban J connectivity index is 1.88. The van der Waals surface area contributed by atoms with Gasteiger partial charge in [-0.25, -0.2) is 0 Å². The largest absolute Gasteiger partial charge is 0.271 e. The van der Waals surface area contributed by atoms with Crippen LogP contribution in [0.2, 0.25) is 0 Å². The molecule has 1 fully saturated rings. The van der Waals surface area contributed by atoms with E-state index in [2.05, 4.69) is 49.6 Å². The van der Waals surface area contributed by atoms with Gasteiger partial charge in [0.25, 0.3) is 0 Å². The maximum atomic E-state index is 5.69. The Hall–Kier alpha value is -0.860. The van der Waals surface area contributed by atoms with Crippen molar-refractivity contribution < 1.29 is 0 Å². The highest BCUT2D eigenvalue weighted by molar-refractivity contribution is 5.26. The fourth-order valence-corrected chi connectivity index (χ4v) is 2.68. The second-order valence-corrected chi connectivity index (χ2v) is 5.66. The molecule has 1 aliphatic rings. The van der Waals surface area contributed by atoms with Crippen molar-refractivity contribution in [3.63, 3.8) is 0 Å². The smallest absolute Gasteiger partial charge is 0.0244 e. The Morgan fingerprint density at radius 2 is 1.94 bits per heavy atom. The van der Waals surface area contributed by atoms with Crippen LogP contribution in [-0.4, -0.2) is 6.04 Å². The third-order valence-corrected chi connectivity index (χ3v) is 3.85. The quantitative estimate of drug-likeness (QED) is 0.584. The molecule has 1 aromatic rings. The molecule has 2 nitrogen and oxygen atoms in total. The second-order valence-electron chi connectivity index (χ2n) is 5.66. The molecule has 3 N–H and O–H groups in total. The minimum Gasteiger partial charge on any atom is -0.271 e. The van der Waals surface area contributed by atoms with E-state index in [0.29, 0.717) is 6.04 Å². The van der Waals surface area contributed by atoms with E-state index in [-0.39, 0.29) is 0 Å². The fraction of sp³-hybridized carbons (Fsp3) is 0.600. The van der Waals surface area contributed by atoms with Crippen LogP contribution in [0.15, 0.2) is 30.3 Å². The van der Waals surface area contributed by atoms with Gasteiger partial charge in [0.1, 0.15) is 0 Å². The van der Waals surface area contributed by atoms with E-state index in [0.717, 1.165) is 17.8 Å². The first kappa shape index (κ1) is 12.6. The summed E-state index contributed by atoms with van der Waals surface area (Å²) < 4.78 is 0. The third-order valence-electron chi connectivity index (χ3n) is 3.85. The topological polar surface area (TPSA) is 38.0 Å². The number of benzene rings is 1. The Labute approximate surface area is 105 Å². The molecule has 3 atom stereocenters. The van der Waals surface area contributed by atoms with Crippen molar-refractivity contribution in [2.45, 2.75) is 45.1 Å². The third kappa shape index (κ3) is 3.30. The van der Waals surface area contributed by atoms with Gasteiger partial charge < -0.3 is 0 Å². The van der Waals surface area contributed by atoms with Crippen LogP contribution in [0.1, 0.15) is 44.6 Å². The van der Waals surface area contributed by atoms with E-state index in [9.17, 15) is 0 Å². The number of hydrazine groups is 1. The van der Waals surface area contributed by atoms with E-state index >= 15 is 0 Å². The Bertz CT molecular complexity index is 334. The summed E-state index contributed by atoms with van der Waals surface area (Å²) >= 11 is 0. The standard InChI is InChI=1S/C15H24N2/c1-11(2)8-9-15(17-16)14-10-13(14)12-6-4-3-5-7-12/h3-7,11,13-15,17H,8-10,16H2,1-2H3. The number of nitrogens with two attached hydrogens (primary N) is 1. The molecule has 0 heterocycles. The molecule has 0 saturated heterocycles. The molecule has 0 amide bonds. The molecular weight excluding hydrogens is 208 g/mol. The molecule has 1 aromatic carbocycles. The van der Waals surface area contributed by atoms with Gasteiger partial charge in [0.05, 0.1) is 0 Å². The molecule has 2 rings (SSSR count). The van der Waals surface area contributed by atoms with Crippen LogP contribution in [0, 0.1) is 11.8 Å². The molecule has 0 bridgehead atoms. The Morgan fingerprint density at radius 1 is 1.24 bits per heavy atom. The number of nitrogens with one attached hydrogen (secondary N) is 1. The predicted octanol–water partition coefficient (Wildman–Crippen LogP) is 3.06. The summed E-state index contributed by atoms with van der Waals surface area (Å²) in [4.78, 5) is 0. The highest BCUT2D eigenvalue weighted by atomic mass is 15.2. The van der Waals surface area contributed by atoms with Crippen molar-refractivity contribution >= 4 is 0 Å². The first-order valence-corrected chi connectivity index (χ1v) is 6.73. The lowest BCUT2D eigenvalue weighted by Gasteiger charge is -2.17. The number of hydrogen-bond donors (Lipinski definition) is 2. The lowest BCUT2D eigenvalue weighted by Crippen LogP contribution is -2.37. The van der Waals surface area contributed by atoms with E-state index in [4.69, 9.17) is 5.84 Å². The first-order chi connectivity index (χ1) is 8.22. The van der Waals surface area contributed by atoms with Crippen LogP contribution >= 0.6 is 0 Å². The molecule has 94 valence electrons. The van der Waals surface area contributed by atoms with Crippen LogP contribution < -0.4 is 11.3 Å². The van der Waals surface area contributed by atoms with Crippen LogP contribution in [0.5, 0.6) is 0 Å². The molecule has 1 aliphatic carbocycles. The van der Waals surface area contributed by atoms with Crippen molar-refractivity contribution in [2.24, 2.45) is 17.7 Å². The van der Waals surface area contributed by atoms with Crippen LogP contribution in [0.25, 0.3) is 0 Å². The lowest BCUT2D eigenvalue weighted by molar-refractivity contribution is 0.397. The van der Waals surface area contributed by atoms with Crippen LogP contribution in [0.3, 0.4) is 0 Å². The van der Waals surface area contributed by atoms with Crippen LogP contribution in [0.4, 0.5) is 0 Å². The zero-order valence-corrected chi connectivity index (χ0v) is 10.9. The van der Waals surface area contributed by atoms with E-state index in [1.165, 1.54) is 24.8 Å². The van der Waals surface area contributed by atoms with Gasteiger partial charge in [0.2, 0.25) is 0 Å². The highest BCUT2D eigenvalue weighted by Gasteiger charge is 2.43. The van der Waals surface area contributed by atoms with Gasteiger partial charge in [-0.15, -0.1) is 0 Å². The minimum absolute atomic E-state index is 0.489. The Morgan fingerprint density at radius 3 is 2.53 bits per heavy atom. The Kier molecular flexibility index (Phi) is 4.19. The zero-order chi connectivity index (χ0) is 12.3. The first-order valence-electron chi connectivity index (χ1n) is 6.73. The minimum atomic E-state index is 0.489. The highest BCUT2D eigenvalue weighted by Crippen LogP contribution is 2.50. The van der Waals surface area contributed by atoms with Crippen molar-refractivity contribution in [1.29, 1.82) is 0 Å². The van der Waals surface area contributed by atoms with Crippen LogP contribution in [-0.2, 0) is 0 Å². The maximum Gasteiger partial charge on any atom is 0.0244 e. The molecule has 0 radical (unpaired) electrons. The second kappa shape index (κ2) is 5.65. The van der Waals surface area contributed by atoms with Gasteiger partial charge in [-0.1, -0.05) is 44.2 Å². The predicted molar refractivity (Wildman–Crippen MR) is 72.5 cm³/mol. The van der Waals surface area contributed by atoms with Gasteiger partial charge in [-0.2, -0.15) is 0 Å². The number of rotatable bonds is 6. The lowest BCUT2D eigenvalue weighted by atomic mass is 9.98. The molecule has 0 aromatic heterocycles. The summed E-state index contributed by atoms with van der Waals surface area (Å²) in [6.07, 6.45) is 3.74. The number of hydrogen-bond acceptors (Lipinski definition) is 2. The molecule has 0 aliphatic heterocycles. The van der Waals surface area contributed by atoms with Gasteiger partial charge in [0.15, 0.2) is 0 Å². The van der Waals surface area contributed by atoms with Crippen molar-refractivity contribution in [3.05, 3.63) is 35.9 Å². The monoisotopic (exact) mass is 232 g/mol. The molecule has 2 heteroatoms. The molecule has 1 saturated carbocycles. The van der Waals surface area contributed by atoms with Gasteiger partial charge in [-0.05, 0) is 42.6 Å². The summed E-state index contributed by atoms with van der Waals surface area (Å²) in [5.41, 5.74) is 4.49. The summed E-state index contributed by atoms with van der Waals surface area (Å²) in [6.45, 7) is 4.55. The summed E-state index contributed by atoms with van der Waals surface area (Å²) in [7, 11) is 0. The maximum absolute atomic E-state index is 5.69. The molecule has 0 spiro atoms. The summed E-state index contributed by atoms with van der Waals surface area (Å²) in [6, 6.07) is 11.3. The summed E-state index contributed by atoms with van der Waals surface area (Å²) in [5.74, 6) is 7.92. The van der Waals surface area contributed by atoms with Gasteiger partial charge >= 0.3 is 0 Å². The molecule has 3 unspecified atom stereocenters. The van der Waals surface area contributed by atoms with Crippen molar-refractivity contribution in [3.8, 4) is 0 Å². The van der Waals surface area contributed by atoms with E-state index in [1.54, 1.807) is 0 Å². The SMILES string of the molecule is CC(C)CCC(NN)C1CC1c1ccccc1. The van der Waals surface area contributed by atoms with Crippen molar-refractivity contribution in [1.82, 2.24) is 5.43 Å². The average molecular weight is 232 g/mol. The zero-order valence-electron chi connectivity index (χ0n) is 10.9. The van der Waals surface area contributed by atoms with Crippen molar-refractivity contribution in [2.75, 3.05) is 0 Å². The summed E-state index contributed by atoms with van der Waals surface area (Å²) in [5, 5.41) is 0.